The van der Waals surface area contributed by atoms with Crippen LogP contribution < -0.4 is 4.90 Å². The zero-order valence-electron chi connectivity index (χ0n) is 15.2. The molecule has 27 heavy (non-hydrogen) atoms. The van der Waals surface area contributed by atoms with Gasteiger partial charge in [-0.2, -0.15) is 37.0 Å². The average molecular weight is 534 g/mol. The van der Waals surface area contributed by atoms with E-state index in [9.17, 15) is 0 Å². The number of hydrogen-bond acceptors (Lipinski definition) is 3. The normalized spacial score (nSPS) is 13.6. The van der Waals surface area contributed by atoms with Crippen LogP contribution >= 0.6 is 0 Å². The molecule has 140 valence electrons. The van der Waals surface area contributed by atoms with E-state index >= 15 is 0 Å². The average Bonchev–Trinajstić information content (AvgIpc) is 3.21. The Morgan fingerprint density at radius 3 is 2.37 bits per heavy atom. The maximum absolute atomic E-state index is 4.90. The van der Waals surface area contributed by atoms with Crippen LogP contribution in [0.5, 0.6) is 0 Å². The summed E-state index contributed by atoms with van der Waals surface area (Å²) < 4.78 is 0. The summed E-state index contributed by atoms with van der Waals surface area (Å²) in [6.45, 7) is 6.43. The summed E-state index contributed by atoms with van der Waals surface area (Å²) >= 11 is 0. The van der Waals surface area contributed by atoms with E-state index in [4.69, 9.17) is 4.98 Å². The first-order valence-corrected chi connectivity index (χ1v) is 8.66. The second-order valence-electron chi connectivity index (χ2n) is 6.72. The fourth-order valence-corrected chi connectivity index (χ4v) is 2.98. The van der Waals surface area contributed by atoms with Gasteiger partial charge in [-0.25, -0.2) is 0 Å². The molecule has 4 heteroatoms. The van der Waals surface area contributed by atoms with Gasteiger partial charge in [0, 0.05) is 26.6 Å². The minimum Gasteiger partial charge on any atom is -0.500 e. The molecule has 2 aromatic carbocycles. The minimum absolute atomic E-state index is 0. The SMILES string of the molecule is CC(C)(c1cccc(-c2[c-]cccc2)n1)N1C=CN(c2[c-]cccc2)[CH-]1.[Pt]. The van der Waals surface area contributed by atoms with E-state index in [1.807, 2.05) is 60.8 Å². The molecule has 0 radical (unpaired) electrons. The first kappa shape index (κ1) is 19.4. The molecule has 0 spiro atoms. The molecule has 4 rings (SSSR count). The Bertz CT molecular complexity index is 907. The van der Waals surface area contributed by atoms with Gasteiger partial charge in [-0.05, 0) is 38.0 Å². The molecule has 0 aliphatic carbocycles. The predicted molar refractivity (Wildman–Crippen MR) is 105 cm³/mol. The fraction of sp³-hybridized carbons (Fsp3) is 0.130. The van der Waals surface area contributed by atoms with Crippen molar-refractivity contribution in [2.45, 2.75) is 19.4 Å². The van der Waals surface area contributed by atoms with Crippen LogP contribution in [0.1, 0.15) is 19.5 Å². The zero-order valence-corrected chi connectivity index (χ0v) is 17.5. The van der Waals surface area contributed by atoms with Gasteiger partial charge in [0.15, 0.2) is 0 Å². The first-order valence-electron chi connectivity index (χ1n) is 8.66. The Hall–Kier alpha value is -2.38. The number of nitrogens with zero attached hydrogens (tertiary/aromatic N) is 3. The predicted octanol–water partition coefficient (Wildman–Crippen LogP) is 4.99. The van der Waals surface area contributed by atoms with Crippen LogP contribution in [-0.2, 0) is 26.6 Å². The Kier molecular flexibility index (Phi) is 5.82. The second-order valence-corrected chi connectivity index (χ2v) is 6.72. The Morgan fingerprint density at radius 2 is 1.67 bits per heavy atom. The number of anilines is 1. The zero-order chi connectivity index (χ0) is 18.0. The number of benzene rings is 2. The van der Waals surface area contributed by atoms with Crippen molar-refractivity contribution in [1.29, 1.82) is 0 Å². The summed E-state index contributed by atoms with van der Waals surface area (Å²) in [5.74, 6) is 0. The molecule has 3 nitrogen and oxygen atoms in total. The molecule has 0 unspecified atom stereocenters. The molecule has 0 amide bonds. The Labute approximate surface area is 175 Å². The van der Waals surface area contributed by atoms with Crippen LogP contribution in [0.4, 0.5) is 5.69 Å². The van der Waals surface area contributed by atoms with Crippen molar-refractivity contribution in [3.63, 3.8) is 0 Å². The number of aromatic nitrogens is 1. The summed E-state index contributed by atoms with van der Waals surface area (Å²) in [5.41, 5.74) is 3.68. The van der Waals surface area contributed by atoms with E-state index in [1.165, 1.54) is 0 Å². The largest absolute Gasteiger partial charge is 0.500 e. The van der Waals surface area contributed by atoms with E-state index in [1.54, 1.807) is 0 Å². The quantitative estimate of drug-likeness (QED) is 0.441. The van der Waals surface area contributed by atoms with E-state index in [2.05, 4.69) is 60.8 Å². The van der Waals surface area contributed by atoms with Crippen molar-refractivity contribution in [3.8, 4) is 11.3 Å². The third-order valence-corrected chi connectivity index (χ3v) is 4.61. The van der Waals surface area contributed by atoms with Crippen molar-refractivity contribution in [1.82, 2.24) is 9.88 Å². The Morgan fingerprint density at radius 1 is 0.889 bits per heavy atom. The molecule has 0 saturated carbocycles. The van der Waals surface area contributed by atoms with Crippen LogP contribution in [0.3, 0.4) is 0 Å². The van der Waals surface area contributed by atoms with E-state index in [0.29, 0.717) is 0 Å². The van der Waals surface area contributed by atoms with Crippen molar-refractivity contribution in [2.75, 3.05) is 4.90 Å². The third-order valence-electron chi connectivity index (χ3n) is 4.61. The van der Waals surface area contributed by atoms with Crippen molar-refractivity contribution in [3.05, 3.63) is 104 Å². The number of para-hydroxylation sites is 1. The van der Waals surface area contributed by atoms with Gasteiger partial charge in [-0.3, -0.25) is 4.98 Å². The van der Waals surface area contributed by atoms with Gasteiger partial charge in [-0.1, -0.05) is 12.1 Å². The molecule has 2 heterocycles. The van der Waals surface area contributed by atoms with E-state index in [0.717, 1.165) is 22.6 Å². The maximum atomic E-state index is 4.90. The van der Waals surface area contributed by atoms with Gasteiger partial charge < -0.3 is 9.80 Å². The van der Waals surface area contributed by atoms with Gasteiger partial charge >= 0.3 is 0 Å². The summed E-state index contributed by atoms with van der Waals surface area (Å²) in [5, 5.41) is 0. The first-order chi connectivity index (χ1) is 12.6. The molecule has 0 atom stereocenters. The number of hydrogen-bond donors (Lipinski definition) is 0. The number of rotatable bonds is 4. The van der Waals surface area contributed by atoms with Crippen LogP contribution in [0.25, 0.3) is 11.3 Å². The minimum atomic E-state index is -0.287. The van der Waals surface area contributed by atoms with E-state index < -0.39 is 0 Å². The monoisotopic (exact) mass is 533 g/mol. The smallest absolute Gasteiger partial charge is 0.0523 e. The molecule has 1 aliphatic rings. The molecule has 0 bridgehead atoms. The van der Waals surface area contributed by atoms with Crippen LogP contribution in [0.15, 0.2) is 79.1 Å². The molecule has 1 aromatic heterocycles. The van der Waals surface area contributed by atoms with Gasteiger partial charge in [0.25, 0.3) is 0 Å². The van der Waals surface area contributed by atoms with Crippen molar-refractivity contribution >= 4 is 5.69 Å². The van der Waals surface area contributed by atoms with Crippen molar-refractivity contribution in [2.24, 2.45) is 0 Å². The molecule has 0 N–H and O–H groups in total. The van der Waals surface area contributed by atoms with Crippen LogP contribution in [0.2, 0.25) is 0 Å². The van der Waals surface area contributed by atoms with E-state index in [-0.39, 0.29) is 26.6 Å². The summed E-state index contributed by atoms with van der Waals surface area (Å²) in [6, 6.07) is 28.5. The summed E-state index contributed by atoms with van der Waals surface area (Å²) in [7, 11) is 0. The molecule has 3 aromatic rings. The van der Waals surface area contributed by atoms with Gasteiger partial charge in [0.05, 0.1) is 5.69 Å². The standard InChI is InChI=1S/C23H20N3.Pt/c1-23(2,26-17-16-25(18-26)20-12-7-4-8-13-20)22-15-9-14-21(24-22)19-10-5-3-6-11-19;/h3-10,12,14-18H,1-2H3;/q-3;. The van der Waals surface area contributed by atoms with Gasteiger partial charge in [-0.15, -0.1) is 41.6 Å². The maximum Gasteiger partial charge on any atom is 0.0523 e. The molecule has 1 aliphatic heterocycles. The second kappa shape index (κ2) is 8.10. The summed E-state index contributed by atoms with van der Waals surface area (Å²) in [4.78, 5) is 9.15. The molecule has 0 fully saturated rings. The Balaban J connectivity index is 0.00000210. The molecular formula is C23H20N3Pt-3. The van der Waals surface area contributed by atoms with Gasteiger partial charge in [0.2, 0.25) is 0 Å². The molecular weight excluding hydrogens is 513 g/mol. The van der Waals surface area contributed by atoms with Crippen LogP contribution in [-0.4, -0.2) is 9.88 Å². The summed E-state index contributed by atoms with van der Waals surface area (Å²) in [6.07, 6.45) is 4.12. The van der Waals surface area contributed by atoms with Gasteiger partial charge in [0.1, 0.15) is 0 Å². The van der Waals surface area contributed by atoms with Crippen LogP contribution in [0, 0.1) is 18.8 Å². The third kappa shape index (κ3) is 3.99. The molecule has 0 saturated heterocycles. The fourth-order valence-electron chi connectivity index (χ4n) is 2.98. The number of pyridine rings is 1. The van der Waals surface area contributed by atoms with Crippen molar-refractivity contribution < 1.29 is 21.1 Å². The topological polar surface area (TPSA) is 19.4 Å².